The van der Waals surface area contributed by atoms with Crippen molar-refractivity contribution in [3.63, 3.8) is 0 Å². The molecule has 0 heterocycles. The third-order valence-electron chi connectivity index (χ3n) is 2.68. The highest BCUT2D eigenvalue weighted by molar-refractivity contribution is 5.94. The minimum Gasteiger partial charge on any atom is -0.383 e. The lowest BCUT2D eigenvalue weighted by molar-refractivity contribution is -0.118. The molecule has 17 heavy (non-hydrogen) atoms. The summed E-state index contributed by atoms with van der Waals surface area (Å²) in [6.45, 7) is 4.37. The molecule has 0 saturated heterocycles. The molecule has 0 fully saturated rings. The summed E-state index contributed by atoms with van der Waals surface area (Å²) in [5, 5.41) is 2.78. The number of nitrogens with one attached hydrogen (secondary N) is 1. The number of anilines is 1. The Hall–Kier alpha value is -1.39. The number of hydrogen-bond donors (Lipinski definition) is 2. The van der Waals surface area contributed by atoms with E-state index in [1.165, 1.54) is 18.2 Å². The normalized spacial score (nSPS) is 12.2. The minimum absolute atomic E-state index is 0.221. The van der Waals surface area contributed by atoms with E-state index in [0.717, 1.165) is 12.1 Å². The number of nitrogens with two attached hydrogens (primary N) is 1. The number of carbonyl (C=O) groups excluding carboxylic acids is 1. The molecule has 0 spiro atoms. The van der Waals surface area contributed by atoms with Gasteiger partial charge in [0.25, 0.3) is 0 Å². The summed E-state index contributed by atoms with van der Waals surface area (Å²) in [5.41, 5.74) is 8.87. The summed E-state index contributed by atoms with van der Waals surface area (Å²) in [5.74, 6) is -0.224. The van der Waals surface area contributed by atoms with Gasteiger partial charge in [0.05, 0.1) is 6.61 Å². The minimum atomic E-state index is -0.633. The first-order valence-electron chi connectivity index (χ1n) is 5.73. The van der Waals surface area contributed by atoms with E-state index in [1.54, 1.807) is 0 Å². The van der Waals surface area contributed by atoms with Gasteiger partial charge in [0.2, 0.25) is 5.91 Å². The van der Waals surface area contributed by atoms with E-state index in [2.05, 4.69) is 19.2 Å². The van der Waals surface area contributed by atoms with Gasteiger partial charge in [0, 0.05) is 12.8 Å². The zero-order chi connectivity index (χ0) is 12.8. The van der Waals surface area contributed by atoms with Crippen LogP contribution in [0.5, 0.6) is 0 Å². The average molecular weight is 236 g/mol. The highest BCUT2D eigenvalue weighted by Crippen LogP contribution is 2.15. The molecule has 0 aromatic heterocycles. The number of aryl methyl sites for hydroxylation is 2. The highest BCUT2D eigenvalue weighted by Gasteiger charge is 2.13. The van der Waals surface area contributed by atoms with Crippen LogP contribution in [0.4, 0.5) is 5.69 Å². The van der Waals surface area contributed by atoms with Crippen LogP contribution in [-0.4, -0.2) is 25.7 Å². The molecule has 3 N–H and O–H groups in total. The Bertz CT molecular complexity index is 391. The zero-order valence-corrected chi connectivity index (χ0v) is 10.6. The van der Waals surface area contributed by atoms with Crippen LogP contribution in [0, 0.1) is 6.92 Å². The van der Waals surface area contributed by atoms with Gasteiger partial charge >= 0.3 is 0 Å². The van der Waals surface area contributed by atoms with Crippen molar-refractivity contribution < 1.29 is 9.53 Å². The van der Waals surface area contributed by atoms with Crippen LogP contribution < -0.4 is 11.1 Å². The van der Waals surface area contributed by atoms with Crippen molar-refractivity contribution in [1.29, 1.82) is 0 Å². The first-order chi connectivity index (χ1) is 8.08. The summed E-state index contributed by atoms with van der Waals surface area (Å²) in [6, 6.07) is 5.22. The van der Waals surface area contributed by atoms with Gasteiger partial charge in [-0.2, -0.15) is 0 Å². The van der Waals surface area contributed by atoms with Crippen LogP contribution in [0.15, 0.2) is 18.2 Å². The molecule has 1 aromatic carbocycles. The predicted octanol–water partition coefficient (Wildman–Crippen LogP) is 1.47. The molecule has 1 rings (SSSR count). The molecule has 1 aromatic rings. The first-order valence-corrected chi connectivity index (χ1v) is 5.73. The van der Waals surface area contributed by atoms with Crippen LogP contribution in [0.25, 0.3) is 0 Å². The van der Waals surface area contributed by atoms with Crippen LogP contribution >= 0.6 is 0 Å². The van der Waals surface area contributed by atoms with Gasteiger partial charge in [0.15, 0.2) is 0 Å². The molecule has 1 amide bonds. The molecule has 0 aliphatic heterocycles. The number of carbonyl (C=O) groups is 1. The van der Waals surface area contributed by atoms with Crippen molar-refractivity contribution in [2.24, 2.45) is 5.73 Å². The van der Waals surface area contributed by atoms with E-state index < -0.39 is 6.04 Å². The van der Waals surface area contributed by atoms with Crippen molar-refractivity contribution in [2.75, 3.05) is 19.0 Å². The maximum absolute atomic E-state index is 11.7. The van der Waals surface area contributed by atoms with E-state index in [0.29, 0.717) is 0 Å². The van der Waals surface area contributed by atoms with Crippen molar-refractivity contribution >= 4 is 11.6 Å². The number of amides is 1. The number of ether oxygens (including phenoxy) is 1. The molecule has 4 heteroatoms. The predicted molar refractivity (Wildman–Crippen MR) is 69.0 cm³/mol. The van der Waals surface area contributed by atoms with E-state index in [4.69, 9.17) is 10.5 Å². The van der Waals surface area contributed by atoms with Gasteiger partial charge in [0.1, 0.15) is 6.04 Å². The Balaban J connectivity index is 2.71. The lowest BCUT2D eigenvalue weighted by Crippen LogP contribution is -2.39. The second-order valence-corrected chi connectivity index (χ2v) is 4.05. The van der Waals surface area contributed by atoms with E-state index in [1.807, 2.05) is 18.2 Å². The fourth-order valence-electron chi connectivity index (χ4n) is 1.62. The van der Waals surface area contributed by atoms with Gasteiger partial charge in [-0.1, -0.05) is 13.0 Å². The molecule has 0 saturated carbocycles. The molecule has 4 nitrogen and oxygen atoms in total. The molecule has 0 aliphatic carbocycles. The van der Waals surface area contributed by atoms with Gasteiger partial charge in [-0.05, 0) is 36.6 Å². The van der Waals surface area contributed by atoms with E-state index >= 15 is 0 Å². The van der Waals surface area contributed by atoms with Crippen molar-refractivity contribution in [3.8, 4) is 0 Å². The Kier molecular flexibility index (Phi) is 5.12. The molecule has 0 bridgehead atoms. The average Bonchev–Trinajstić information content (AvgIpc) is 2.31. The second kappa shape index (κ2) is 6.37. The van der Waals surface area contributed by atoms with E-state index in [-0.39, 0.29) is 12.5 Å². The standard InChI is InChI=1S/C13H20N2O2/c1-4-10-7-11(6-5-9(10)2)15-13(16)12(14)8-17-3/h5-7,12H,4,8,14H2,1-3H3,(H,15,16). The Morgan fingerprint density at radius 2 is 2.24 bits per heavy atom. The lowest BCUT2D eigenvalue weighted by Gasteiger charge is -2.12. The molecule has 1 unspecified atom stereocenters. The fourth-order valence-corrected chi connectivity index (χ4v) is 1.62. The molecule has 0 radical (unpaired) electrons. The van der Waals surface area contributed by atoms with E-state index in [9.17, 15) is 4.79 Å². The second-order valence-electron chi connectivity index (χ2n) is 4.05. The van der Waals surface area contributed by atoms with Crippen LogP contribution in [0.1, 0.15) is 18.1 Å². The van der Waals surface area contributed by atoms with Crippen molar-refractivity contribution in [2.45, 2.75) is 26.3 Å². The summed E-state index contributed by atoms with van der Waals surface area (Å²) in [6.07, 6.45) is 0.944. The van der Waals surface area contributed by atoms with Gasteiger partial charge in [-0.15, -0.1) is 0 Å². The van der Waals surface area contributed by atoms with Crippen molar-refractivity contribution in [1.82, 2.24) is 0 Å². The van der Waals surface area contributed by atoms with Crippen LogP contribution in [0.2, 0.25) is 0 Å². The molecular weight excluding hydrogens is 216 g/mol. The maximum atomic E-state index is 11.7. The van der Waals surface area contributed by atoms with Crippen LogP contribution in [-0.2, 0) is 16.0 Å². The van der Waals surface area contributed by atoms with Crippen LogP contribution in [0.3, 0.4) is 0 Å². The summed E-state index contributed by atoms with van der Waals surface area (Å²) >= 11 is 0. The molecule has 1 atom stereocenters. The third kappa shape index (κ3) is 3.84. The number of methoxy groups -OCH3 is 1. The van der Waals surface area contributed by atoms with Gasteiger partial charge < -0.3 is 15.8 Å². The largest absolute Gasteiger partial charge is 0.383 e. The lowest BCUT2D eigenvalue weighted by atomic mass is 10.1. The Morgan fingerprint density at radius 1 is 1.53 bits per heavy atom. The first kappa shape index (κ1) is 13.7. The molecular formula is C13H20N2O2. The summed E-state index contributed by atoms with van der Waals surface area (Å²) < 4.78 is 4.84. The van der Waals surface area contributed by atoms with Gasteiger partial charge in [-0.3, -0.25) is 4.79 Å². The number of rotatable bonds is 5. The SMILES string of the molecule is CCc1cc(NC(=O)C(N)COC)ccc1C. The summed E-state index contributed by atoms with van der Waals surface area (Å²) in [4.78, 5) is 11.7. The molecule has 94 valence electrons. The zero-order valence-electron chi connectivity index (χ0n) is 10.6. The maximum Gasteiger partial charge on any atom is 0.243 e. The summed E-state index contributed by atoms with van der Waals surface area (Å²) in [7, 11) is 1.52. The van der Waals surface area contributed by atoms with Crippen molar-refractivity contribution in [3.05, 3.63) is 29.3 Å². The Morgan fingerprint density at radius 3 is 2.82 bits per heavy atom. The quantitative estimate of drug-likeness (QED) is 0.813. The van der Waals surface area contributed by atoms with Gasteiger partial charge in [-0.25, -0.2) is 0 Å². The fraction of sp³-hybridized carbons (Fsp3) is 0.462. The monoisotopic (exact) mass is 236 g/mol. The number of benzene rings is 1. The topological polar surface area (TPSA) is 64.4 Å². The third-order valence-corrected chi connectivity index (χ3v) is 2.68. The smallest absolute Gasteiger partial charge is 0.243 e. The Labute approximate surface area is 102 Å². The highest BCUT2D eigenvalue weighted by atomic mass is 16.5. The molecule has 0 aliphatic rings. The number of hydrogen-bond acceptors (Lipinski definition) is 3.